The molecule has 122 valence electrons. The summed E-state index contributed by atoms with van der Waals surface area (Å²) in [4.78, 5) is 12.1. The lowest BCUT2D eigenvalue weighted by atomic mass is 9.97. The highest BCUT2D eigenvalue weighted by atomic mass is 19.1. The number of carbonyl (C=O) groups excluding carboxylic acids is 1. The average molecular weight is 317 g/mol. The lowest BCUT2D eigenvalue weighted by Crippen LogP contribution is -2.31. The number of aromatic amines is 1. The van der Waals surface area contributed by atoms with Crippen LogP contribution < -0.4 is 5.32 Å². The molecule has 0 bridgehead atoms. The summed E-state index contributed by atoms with van der Waals surface area (Å²) < 4.78 is 19.4. The minimum Gasteiger partial charge on any atom is -0.373 e. The molecule has 1 aliphatic heterocycles. The van der Waals surface area contributed by atoms with Gasteiger partial charge in [-0.25, -0.2) is 4.39 Å². The van der Waals surface area contributed by atoms with E-state index in [0.29, 0.717) is 18.7 Å². The minimum atomic E-state index is -0.341. The SMILES string of the molecule is Cc1ccc(F)c(CC(=O)NC[C@H]2CCO[C@@H]2c2cn[nH]c2)c1. The molecule has 23 heavy (non-hydrogen) atoms. The highest BCUT2D eigenvalue weighted by molar-refractivity contribution is 5.78. The Morgan fingerprint density at radius 2 is 2.39 bits per heavy atom. The Kier molecular flexibility index (Phi) is 4.71. The van der Waals surface area contributed by atoms with E-state index in [-0.39, 0.29) is 30.2 Å². The quantitative estimate of drug-likeness (QED) is 0.889. The predicted molar refractivity (Wildman–Crippen MR) is 83.2 cm³/mol. The van der Waals surface area contributed by atoms with Crippen molar-refractivity contribution in [2.75, 3.05) is 13.2 Å². The second kappa shape index (κ2) is 6.91. The molecule has 0 spiro atoms. The first-order valence-corrected chi connectivity index (χ1v) is 7.75. The zero-order valence-corrected chi connectivity index (χ0v) is 13.0. The molecule has 3 rings (SSSR count). The molecule has 1 aliphatic rings. The average Bonchev–Trinajstić information content (AvgIpc) is 3.19. The lowest BCUT2D eigenvalue weighted by molar-refractivity contribution is -0.120. The summed E-state index contributed by atoms with van der Waals surface area (Å²) in [5.74, 6) is -0.308. The van der Waals surface area contributed by atoms with Gasteiger partial charge in [0.25, 0.3) is 0 Å². The molecule has 0 saturated carbocycles. The Morgan fingerprint density at radius 1 is 1.52 bits per heavy atom. The van der Waals surface area contributed by atoms with Crippen molar-refractivity contribution in [1.82, 2.24) is 15.5 Å². The van der Waals surface area contributed by atoms with Gasteiger partial charge in [-0.1, -0.05) is 17.7 Å². The van der Waals surface area contributed by atoms with E-state index < -0.39 is 0 Å². The smallest absolute Gasteiger partial charge is 0.224 e. The number of nitrogens with zero attached hydrogens (tertiary/aromatic N) is 1. The third-order valence-corrected chi connectivity index (χ3v) is 4.18. The van der Waals surface area contributed by atoms with Gasteiger partial charge in [0.1, 0.15) is 5.82 Å². The summed E-state index contributed by atoms with van der Waals surface area (Å²) >= 11 is 0. The van der Waals surface area contributed by atoms with Crippen LogP contribution in [0.2, 0.25) is 0 Å². The Balaban J connectivity index is 1.55. The third kappa shape index (κ3) is 3.76. The number of ether oxygens (including phenoxy) is 1. The number of H-pyrrole nitrogens is 1. The maximum atomic E-state index is 13.7. The van der Waals surface area contributed by atoms with Crippen LogP contribution in [-0.2, 0) is 16.0 Å². The van der Waals surface area contributed by atoms with Crippen LogP contribution >= 0.6 is 0 Å². The molecular formula is C17H20FN3O2. The van der Waals surface area contributed by atoms with Crippen molar-refractivity contribution in [3.8, 4) is 0 Å². The molecule has 1 amide bonds. The number of aryl methyl sites for hydroxylation is 1. The molecule has 2 heterocycles. The fourth-order valence-electron chi connectivity index (χ4n) is 2.95. The summed E-state index contributed by atoms with van der Waals surface area (Å²) in [5.41, 5.74) is 2.36. The van der Waals surface area contributed by atoms with Crippen LogP contribution in [0.1, 0.15) is 29.2 Å². The molecule has 1 saturated heterocycles. The topological polar surface area (TPSA) is 67.0 Å². The van der Waals surface area contributed by atoms with Gasteiger partial charge in [0, 0.05) is 30.8 Å². The van der Waals surface area contributed by atoms with E-state index in [1.807, 2.05) is 13.1 Å². The first kappa shape index (κ1) is 15.7. The zero-order valence-electron chi connectivity index (χ0n) is 13.0. The number of carbonyl (C=O) groups is 1. The maximum Gasteiger partial charge on any atom is 0.224 e. The van der Waals surface area contributed by atoms with Crippen LogP contribution in [0.15, 0.2) is 30.6 Å². The molecular weight excluding hydrogens is 297 g/mol. The van der Waals surface area contributed by atoms with E-state index in [0.717, 1.165) is 17.5 Å². The summed E-state index contributed by atoms with van der Waals surface area (Å²) in [7, 11) is 0. The molecule has 6 heteroatoms. The van der Waals surface area contributed by atoms with Gasteiger partial charge < -0.3 is 10.1 Å². The first-order chi connectivity index (χ1) is 11.1. The first-order valence-electron chi connectivity index (χ1n) is 7.75. The number of halogens is 1. The molecule has 5 nitrogen and oxygen atoms in total. The second-order valence-corrected chi connectivity index (χ2v) is 5.95. The zero-order chi connectivity index (χ0) is 16.2. The molecule has 0 radical (unpaired) electrons. The third-order valence-electron chi connectivity index (χ3n) is 4.18. The molecule has 1 fully saturated rings. The second-order valence-electron chi connectivity index (χ2n) is 5.95. The van der Waals surface area contributed by atoms with Crippen molar-refractivity contribution < 1.29 is 13.9 Å². The number of rotatable bonds is 5. The van der Waals surface area contributed by atoms with Crippen molar-refractivity contribution in [1.29, 1.82) is 0 Å². The number of aromatic nitrogens is 2. The normalized spacial score (nSPS) is 20.6. The minimum absolute atomic E-state index is 0.0512. The molecule has 0 aliphatic carbocycles. The van der Waals surface area contributed by atoms with Crippen molar-refractivity contribution in [2.24, 2.45) is 5.92 Å². The summed E-state index contributed by atoms with van der Waals surface area (Å²) in [6, 6.07) is 4.81. The summed E-state index contributed by atoms with van der Waals surface area (Å²) in [5, 5.41) is 9.61. The molecule has 1 aromatic carbocycles. The maximum absolute atomic E-state index is 13.7. The summed E-state index contributed by atoms with van der Waals surface area (Å²) in [6.07, 6.45) is 4.44. The van der Waals surface area contributed by atoms with E-state index in [1.165, 1.54) is 6.07 Å². The van der Waals surface area contributed by atoms with Crippen LogP contribution in [0.25, 0.3) is 0 Å². The largest absolute Gasteiger partial charge is 0.373 e. The van der Waals surface area contributed by atoms with Crippen molar-refractivity contribution in [3.63, 3.8) is 0 Å². The highest BCUT2D eigenvalue weighted by Crippen LogP contribution is 2.33. The van der Waals surface area contributed by atoms with Crippen LogP contribution in [0, 0.1) is 18.7 Å². The Hall–Kier alpha value is -2.21. The van der Waals surface area contributed by atoms with Crippen molar-refractivity contribution in [3.05, 3.63) is 53.1 Å². The van der Waals surface area contributed by atoms with Gasteiger partial charge in [-0.05, 0) is 25.0 Å². The number of amides is 1. The van der Waals surface area contributed by atoms with Gasteiger partial charge in [-0.15, -0.1) is 0 Å². The number of nitrogens with one attached hydrogen (secondary N) is 2. The molecule has 2 atom stereocenters. The molecule has 2 N–H and O–H groups in total. The van der Waals surface area contributed by atoms with Gasteiger partial charge in [0.15, 0.2) is 0 Å². The molecule has 2 aromatic rings. The van der Waals surface area contributed by atoms with Gasteiger partial charge in [-0.3, -0.25) is 9.89 Å². The van der Waals surface area contributed by atoms with E-state index in [1.54, 1.807) is 18.3 Å². The van der Waals surface area contributed by atoms with Crippen LogP contribution in [-0.4, -0.2) is 29.3 Å². The Morgan fingerprint density at radius 3 is 3.17 bits per heavy atom. The Bertz CT molecular complexity index is 672. The lowest BCUT2D eigenvalue weighted by Gasteiger charge is -2.17. The van der Waals surface area contributed by atoms with E-state index in [4.69, 9.17) is 4.74 Å². The highest BCUT2D eigenvalue weighted by Gasteiger charge is 2.30. The standard InChI is InChI=1S/C17H20FN3O2/c1-11-2-3-15(18)13(6-11)7-16(22)19-8-12-4-5-23-17(12)14-9-20-21-10-14/h2-3,6,9-10,12,17H,4-5,7-8H2,1H3,(H,19,22)(H,20,21)/t12-,17+/m1/s1. The predicted octanol–water partition coefficient (Wildman–Crippen LogP) is 2.29. The fourth-order valence-corrected chi connectivity index (χ4v) is 2.95. The van der Waals surface area contributed by atoms with E-state index in [9.17, 15) is 9.18 Å². The Labute approximate surface area is 134 Å². The monoisotopic (exact) mass is 317 g/mol. The van der Waals surface area contributed by atoms with E-state index >= 15 is 0 Å². The molecule has 0 unspecified atom stereocenters. The van der Waals surface area contributed by atoms with E-state index in [2.05, 4.69) is 15.5 Å². The number of benzene rings is 1. The van der Waals surface area contributed by atoms with Crippen molar-refractivity contribution >= 4 is 5.91 Å². The van der Waals surface area contributed by atoms with Gasteiger partial charge in [0.2, 0.25) is 5.91 Å². The van der Waals surface area contributed by atoms with Crippen LogP contribution in [0.5, 0.6) is 0 Å². The van der Waals surface area contributed by atoms with Crippen LogP contribution in [0.3, 0.4) is 0 Å². The molecule has 1 aromatic heterocycles. The van der Waals surface area contributed by atoms with Gasteiger partial charge in [-0.2, -0.15) is 5.10 Å². The van der Waals surface area contributed by atoms with Crippen LogP contribution in [0.4, 0.5) is 4.39 Å². The number of hydrogen-bond acceptors (Lipinski definition) is 3. The number of hydrogen-bond donors (Lipinski definition) is 2. The van der Waals surface area contributed by atoms with Crippen molar-refractivity contribution in [2.45, 2.75) is 25.9 Å². The van der Waals surface area contributed by atoms with Gasteiger partial charge in [0.05, 0.1) is 18.7 Å². The fraction of sp³-hybridized carbons (Fsp3) is 0.412. The van der Waals surface area contributed by atoms with Gasteiger partial charge >= 0.3 is 0 Å². The summed E-state index contributed by atoms with van der Waals surface area (Å²) in [6.45, 7) is 3.07.